The van der Waals surface area contributed by atoms with Gasteiger partial charge in [-0.15, -0.1) is 11.3 Å². The van der Waals surface area contributed by atoms with Gasteiger partial charge in [0.25, 0.3) is 0 Å². The van der Waals surface area contributed by atoms with Crippen molar-refractivity contribution in [3.63, 3.8) is 0 Å². The van der Waals surface area contributed by atoms with Crippen LogP contribution in [0, 0.1) is 0 Å². The summed E-state index contributed by atoms with van der Waals surface area (Å²) in [6.45, 7) is 0. The summed E-state index contributed by atoms with van der Waals surface area (Å²) < 4.78 is 0. The molecule has 0 spiro atoms. The third kappa shape index (κ3) is 3.89. The van der Waals surface area contributed by atoms with Gasteiger partial charge in [-0.1, -0.05) is 116 Å². The van der Waals surface area contributed by atoms with Crippen LogP contribution in [0.4, 0.5) is 0 Å². The van der Waals surface area contributed by atoms with Crippen molar-refractivity contribution in [2.75, 3.05) is 0 Å². The lowest BCUT2D eigenvalue weighted by Crippen LogP contribution is -1.86. The molecule has 1 heterocycles. The van der Waals surface area contributed by atoms with E-state index in [-0.39, 0.29) is 50.2 Å². The van der Waals surface area contributed by atoms with Gasteiger partial charge in [0.2, 0.25) is 0 Å². The molecule has 0 nitrogen and oxygen atoms in total. The summed E-state index contributed by atoms with van der Waals surface area (Å²) in [7, 11) is 0. The van der Waals surface area contributed by atoms with Crippen molar-refractivity contribution in [3.05, 3.63) is 61.7 Å². The van der Waals surface area contributed by atoms with Crippen LogP contribution in [0.25, 0.3) is 21.6 Å². The predicted molar refractivity (Wildman–Crippen MR) is 125 cm³/mol. The van der Waals surface area contributed by atoms with Crippen molar-refractivity contribution in [1.82, 2.24) is 0 Å². The summed E-state index contributed by atoms with van der Waals surface area (Å²) in [5, 5.41) is 3.04. The number of benzene rings is 2. The van der Waals surface area contributed by atoms with Crippen LogP contribution in [-0.4, -0.2) is 0 Å². The van der Waals surface area contributed by atoms with E-state index in [1.165, 1.54) is 11.3 Å². The highest BCUT2D eigenvalue weighted by atomic mass is 35.5. The molecule has 0 saturated carbocycles. The highest BCUT2D eigenvalue weighted by molar-refractivity contribution is 7.14. The van der Waals surface area contributed by atoms with Gasteiger partial charge in [0, 0.05) is 16.0 Å². The van der Waals surface area contributed by atoms with Crippen molar-refractivity contribution < 1.29 is 0 Å². The zero-order chi connectivity index (χ0) is 20.2. The number of hydrogen-bond acceptors (Lipinski definition) is 1. The van der Waals surface area contributed by atoms with Gasteiger partial charge in [-0.2, -0.15) is 0 Å². The van der Waals surface area contributed by atoms with Gasteiger partial charge >= 0.3 is 0 Å². The molecular formula is C16H2Cl10S. The van der Waals surface area contributed by atoms with E-state index >= 15 is 0 Å². The normalized spacial score (nSPS) is 11.3. The van der Waals surface area contributed by atoms with Crippen molar-refractivity contribution in [2.24, 2.45) is 0 Å². The molecule has 2 aromatic carbocycles. The maximum Gasteiger partial charge on any atom is 0.0809 e. The van der Waals surface area contributed by atoms with Crippen LogP contribution in [0.3, 0.4) is 0 Å². The molecule has 1 aromatic heterocycles. The summed E-state index contributed by atoms with van der Waals surface area (Å²) in [4.78, 5) is 0.662. The molecule has 0 radical (unpaired) electrons. The lowest BCUT2D eigenvalue weighted by molar-refractivity contribution is 1.65. The predicted octanol–water partition coefficient (Wildman–Crippen LogP) is 11.6. The third-order valence-electron chi connectivity index (χ3n) is 3.55. The number of thiophene rings is 1. The van der Waals surface area contributed by atoms with Crippen molar-refractivity contribution in [2.45, 2.75) is 0 Å². The van der Waals surface area contributed by atoms with Crippen LogP contribution in [0.5, 0.6) is 0 Å². The molecule has 0 saturated heterocycles. The fraction of sp³-hybridized carbons (Fsp3) is 0. The highest BCUT2D eigenvalue weighted by Crippen LogP contribution is 2.52. The third-order valence-corrected chi connectivity index (χ3v) is 9.06. The monoisotopic (exact) mass is 576 g/mol. The second-order valence-electron chi connectivity index (χ2n) is 5.09. The zero-order valence-electron chi connectivity index (χ0n) is 12.3. The van der Waals surface area contributed by atoms with Crippen LogP contribution in [-0.2, 0) is 0 Å². The van der Waals surface area contributed by atoms with Crippen molar-refractivity contribution in [1.29, 1.82) is 0 Å². The fourth-order valence-corrected chi connectivity index (χ4v) is 6.05. The summed E-state index contributed by atoms with van der Waals surface area (Å²) in [6, 6.07) is 1.76. The van der Waals surface area contributed by atoms with Gasteiger partial charge in [0.1, 0.15) is 0 Å². The van der Waals surface area contributed by atoms with E-state index in [4.69, 9.17) is 116 Å². The molecular weight excluding hydrogens is 579 g/mol. The van der Waals surface area contributed by atoms with Gasteiger partial charge in [-0.25, -0.2) is 0 Å². The molecule has 0 N–H and O–H groups in total. The Balaban J connectivity index is 2.25. The van der Waals surface area contributed by atoms with Gasteiger partial charge in [0.05, 0.1) is 50.2 Å². The minimum absolute atomic E-state index is 0.0786. The smallest absolute Gasteiger partial charge is 0.0809 e. The molecule has 0 amide bonds. The SMILES string of the molecule is Clc1c(Cl)c(Cl)c(-c2csc(-c3c(Cl)c(Cl)c(Cl)c(Cl)c3Cl)c2)c(Cl)c1Cl. The average Bonchev–Trinajstić information content (AvgIpc) is 3.11. The van der Waals surface area contributed by atoms with Crippen LogP contribution < -0.4 is 0 Å². The van der Waals surface area contributed by atoms with Crippen molar-refractivity contribution >= 4 is 127 Å². The number of halogens is 10. The van der Waals surface area contributed by atoms with Crippen molar-refractivity contribution in [3.8, 4) is 21.6 Å². The first kappa shape index (κ1) is 22.7. The Kier molecular flexibility index (Phi) is 7.28. The van der Waals surface area contributed by atoms with Crippen LogP contribution in [0.2, 0.25) is 50.2 Å². The number of rotatable bonds is 2. The standard InChI is InChI=1S/C16H2Cl10S/c17-7-5(8(18)12(22)15(25)11(7)21)3-1-4(27-2-3)6-9(19)13(23)16(26)14(24)10(6)20/h1-2H. The molecule has 0 bridgehead atoms. The maximum absolute atomic E-state index is 6.33. The van der Waals surface area contributed by atoms with Gasteiger partial charge in [-0.05, 0) is 17.0 Å². The Morgan fingerprint density at radius 3 is 1.19 bits per heavy atom. The van der Waals surface area contributed by atoms with Crippen LogP contribution in [0.1, 0.15) is 0 Å². The Bertz CT molecular complexity index is 944. The van der Waals surface area contributed by atoms with E-state index in [1.54, 1.807) is 11.4 Å². The molecule has 142 valence electrons. The lowest BCUT2D eigenvalue weighted by atomic mass is 10.1. The number of hydrogen-bond donors (Lipinski definition) is 0. The maximum atomic E-state index is 6.33. The Morgan fingerprint density at radius 1 is 0.444 bits per heavy atom. The Morgan fingerprint density at radius 2 is 0.778 bits per heavy atom. The van der Waals surface area contributed by atoms with E-state index < -0.39 is 0 Å². The lowest BCUT2D eigenvalue weighted by Gasteiger charge is -2.12. The first-order valence-electron chi connectivity index (χ1n) is 6.70. The quantitative estimate of drug-likeness (QED) is 0.209. The van der Waals surface area contributed by atoms with Gasteiger partial charge in [0.15, 0.2) is 0 Å². The molecule has 0 aliphatic rings. The summed E-state index contributed by atoms with van der Waals surface area (Å²) in [6.07, 6.45) is 0. The molecule has 11 heteroatoms. The Hall–Kier alpha value is 1.04. The first-order valence-corrected chi connectivity index (χ1v) is 11.4. The summed E-state index contributed by atoms with van der Waals surface area (Å²) >= 11 is 63.3. The van der Waals surface area contributed by atoms with E-state index in [0.717, 1.165) is 0 Å². The first-order chi connectivity index (χ1) is 12.6. The largest absolute Gasteiger partial charge is 0.143 e. The highest BCUT2D eigenvalue weighted by Gasteiger charge is 2.24. The van der Waals surface area contributed by atoms with Gasteiger partial charge < -0.3 is 0 Å². The molecule has 27 heavy (non-hydrogen) atoms. The van der Waals surface area contributed by atoms with E-state index in [1.807, 2.05) is 0 Å². The minimum atomic E-state index is 0.0786. The van der Waals surface area contributed by atoms with E-state index in [9.17, 15) is 0 Å². The second-order valence-corrected chi connectivity index (χ2v) is 9.78. The molecule has 0 fully saturated rings. The molecule has 0 atom stereocenters. The summed E-state index contributed by atoms with van der Waals surface area (Å²) in [5.41, 5.74) is 1.51. The molecule has 0 aliphatic carbocycles. The molecule has 0 aliphatic heterocycles. The second kappa shape index (κ2) is 8.65. The molecule has 0 unspecified atom stereocenters. The minimum Gasteiger partial charge on any atom is -0.143 e. The van der Waals surface area contributed by atoms with Gasteiger partial charge in [-0.3, -0.25) is 0 Å². The molecule has 3 rings (SSSR count). The van der Waals surface area contributed by atoms with E-state index in [0.29, 0.717) is 21.6 Å². The van der Waals surface area contributed by atoms with E-state index in [2.05, 4.69) is 0 Å². The van der Waals surface area contributed by atoms with Crippen LogP contribution in [0.15, 0.2) is 11.4 Å². The average molecular weight is 581 g/mol. The topological polar surface area (TPSA) is 0 Å². The zero-order valence-corrected chi connectivity index (χ0v) is 20.7. The Labute approximate surface area is 208 Å². The molecule has 3 aromatic rings. The van der Waals surface area contributed by atoms with Crippen LogP contribution >= 0.6 is 127 Å². The summed E-state index contributed by atoms with van der Waals surface area (Å²) in [5.74, 6) is 0. The fourth-order valence-electron chi connectivity index (χ4n) is 2.28.